The van der Waals surface area contributed by atoms with Gasteiger partial charge in [-0.2, -0.15) is 0 Å². The first-order valence-electron chi connectivity index (χ1n) is 11.1. The molecule has 1 aromatic carbocycles. The van der Waals surface area contributed by atoms with E-state index < -0.39 is 0 Å². The predicted molar refractivity (Wildman–Crippen MR) is 123 cm³/mol. The Kier molecular flexibility index (Phi) is 6.72. The van der Waals surface area contributed by atoms with Crippen LogP contribution in [0.15, 0.2) is 35.7 Å². The molecule has 0 saturated carbocycles. The van der Waals surface area contributed by atoms with Gasteiger partial charge in [-0.15, -0.1) is 11.3 Å². The lowest BCUT2D eigenvalue weighted by Gasteiger charge is -2.34. The van der Waals surface area contributed by atoms with Crippen LogP contribution >= 0.6 is 11.3 Å². The molecule has 6 heteroatoms. The van der Waals surface area contributed by atoms with Crippen molar-refractivity contribution in [1.82, 2.24) is 4.90 Å². The molecule has 0 unspecified atom stereocenters. The van der Waals surface area contributed by atoms with E-state index in [2.05, 4.69) is 17.1 Å². The molecule has 4 rings (SSSR count). The van der Waals surface area contributed by atoms with Crippen LogP contribution in [-0.2, 0) is 11.2 Å². The van der Waals surface area contributed by atoms with Gasteiger partial charge in [-0.05, 0) is 67.7 Å². The first-order chi connectivity index (χ1) is 14.6. The number of nitrogens with one attached hydrogen (secondary N) is 1. The van der Waals surface area contributed by atoms with E-state index in [1.807, 2.05) is 40.6 Å². The number of benzene rings is 1. The Morgan fingerprint density at radius 1 is 1.07 bits per heavy atom. The zero-order valence-corrected chi connectivity index (χ0v) is 18.5. The van der Waals surface area contributed by atoms with Crippen molar-refractivity contribution in [3.8, 4) is 0 Å². The van der Waals surface area contributed by atoms with Crippen LogP contribution in [0.2, 0.25) is 0 Å². The van der Waals surface area contributed by atoms with E-state index in [1.54, 1.807) is 11.3 Å². The van der Waals surface area contributed by atoms with E-state index in [1.165, 1.54) is 6.42 Å². The summed E-state index contributed by atoms with van der Waals surface area (Å²) in [5.74, 6) is 0.726. The predicted octanol–water partition coefficient (Wildman–Crippen LogP) is 4.79. The molecule has 2 fully saturated rings. The molecule has 2 aromatic rings. The minimum atomic E-state index is -0.0478. The van der Waals surface area contributed by atoms with Crippen molar-refractivity contribution in [3.05, 3.63) is 46.2 Å². The lowest BCUT2D eigenvalue weighted by Crippen LogP contribution is -2.39. The molecule has 3 heterocycles. The van der Waals surface area contributed by atoms with Crippen LogP contribution in [0, 0.1) is 5.92 Å². The summed E-state index contributed by atoms with van der Waals surface area (Å²) >= 11 is 1.58. The lowest BCUT2D eigenvalue weighted by molar-refractivity contribution is -0.115. The van der Waals surface area contributed by atoms with Gasteiger partial charge in [0.15, 0.2) is 0 Å². The van der Waals surface area contributed by atoms with Gasteiger partial charge in [0.2, 0.25) is 5.91 Å². The number of rotatable bonds is 5. The molecule has 5 nitrogen and oxygen atoms in total. The van der Waals surface area contributed by atoms with E-state index in [-0.39, 0.29) is 11.8 Å². The summed E-state index contributed by atoms with van der Waals surface area (Å²) in [5, 5.41) is 4.97. The fourth-order valence-electron chi connectivity index (χ4n) is 4.35. The molecule has 0 bridgehead atoms. The number of anilines is 2. The van der Waals surface area contributed by atoms with Crippen molar-refractivity contribution in [2.24, 2.45) is 5.92 Å². The molecule has 2 amide bonds. The third-order valence-corrected chi connectivity index (χ3v) is 7.07. The number of amides is 2. The highest BCUT2D eigenvalue weighted by Gasteiger charge is 2.26. The molecular formula is C24H31N3O2S. The van der Waals surface area contributed by atoms with Crippen molar-refractivity contribution < 1.29 is 9.59 Å². The maximum absolute atomic E-state index is 13.5. The van der Waals surface area contributed by atoms with Gasteiger partial charge >= 0.3 is 0 Å². The topological polar surface area (TPSA) is 52.7 Å². The Labute approximate surface area is 183 Å². The maximum Gasteiger partial charge on any atom is 0.256 e. The van der Waals surface area contributed by atoms with Gasteiger partial charge in [0.1, 0.15) is 0 Å². The van der Waals surface area contributed by atoms with Crippen molar-refractivity contribution in [1.29, 1.82) is 0 Å². The largest absolute Gasteiger partial charge is 0.371 e. The Hall–Kier alpha value is -2.34. The Morgan fingerprint density at radius 2 is 1.83 bits per heavy atom. The quantitative estimate of drug-likeness (QED) is 0.749. The summed E-state index contributed by atoms with van der Waals surface area (Å²) in [4.78, 5) is 31.3. The zero-order valence-electron chi connectivity index (χ0n) is 17.7. The minimum Gasteiger partial charge on any atom is -0.371 e. The summed E-state index contributed by atoms with van der Waals surface area (Å²) in [6.45, 7) is 5.86. The van der Waals surface area contributed by atoms with Crippen molar-refractivity contribution >= 4 is 34.5 Å². The van der Waals surface area contributed by atoms with Crippen LogP contribution in [-0.4, -0.2) is 42.9 Å². The molecule has 1 aromatic heterocycles. The number of hydrogen-bond donors (Lipinski definition) is 1. The number of thiophene rings is 1. The normalized spacial score (nSPS) is 17.8. The monoisotopic (exact) mass is 425 g/mol. The number of carbonyl (C=O) groups is 2. The molecule has 160 valence electrons. The van der Waals surface area contributed by atoms with Crippen LogP contribution in [0.5, 0.6) is 0 Å². The first kappa shape index (κ1) is 20.9. The molecular weight excluding hydrogens is 394 g/mol. The summed E-state index contributed by atoms with van der Waals surface area (Å²) in [6, 6.07) is 9.76. The second kappa shape index (κ2) is 9.65. The fraction of sp³-hybridized carbons (Fsp3) is 0.500. The van der Waals surface area contributed by atoms with Crippen molar-refractivity contribution in [2.45, 2.75) is 45.4 Å². The van der Waals surface area contributed by atoms with Gasteiger partial charge in [0.25, 0.3) is 5.91 Å². The highest BCUT2D eigenvalue weighted by Crippen LogP contribution is 2.30. The van der Waals surface area contributed by atoms with Gasteiger partial charge in [-0.3, -0.25) is 9.59 Å². The fourth-order valence-corrected chi connectivity index (χ4v) is 5.06. The van der Waals surface area contributed by atoms with Crippen LogP contribution < -0.4 is 10.2 Å². The Morgan fingerprint density at radius 3 is 2.53 bits per heavy atom. The van der Waals surface area contributed by atoms with E-state index >= 15 is 0 Å². The number of nitrogens with zero attached hydrogens (tertiary/aromatic N) is 2. The number of carbonyl (C=O) groups excluding carboxylic acids is 2. The van der Waals surface area contributed by atoms with E-state index in [0.717, 1.165) is 68.0 Å². The zero-order chi connectivity index (χ0) is 20.9. The molecule has 2 aliphatic rings. The molecule has 0 atom stereocenters. The number of hydrogen-bond acceptors (Lipinski definition) is 4. The molecule has 0 aliphatic carbocycles. The third kappa shape index (κ3) is 5.04. The lowest BCUT2D eigenvalue weighted by atomic mass is 9.98. The summed E-state index contributed by atoms with van der Waals surface area (Å²) in [6.07, 6.45) is 6.05. The average molecular weight is 426 g/mol. The smallest absolute Gasteiger partial charge is 0.256 e. The van der Waals surface area contributed by atoms with Gasteiger partial charge < -0.3 is 15.1 Å². The second-order valence-corrected chi connectivity index (χ2v) is 9.59. The summed E-state index contributed by atoms with van der Waals surface area (Å²) in [5.41, 5.74) is 2.43. The highest BCUT2D eigenvalue weighted by molar-refractivity contribution is 7.10. The van der Waals surface area contributed by atoms with Gasteiger partial charge in [0.05, 0.1) is 12.0 Å². The SMILES string of the molecule is CC1CCN(C(=O)c2cc(NC(=O)Cc3cccs3)ccc2N2CCCCC2)CC1. The first-order valence-corrected chi connectivity index (χ1v) is 12.0. The summed E-state index contributed by atoms with van der Waals surface area (Å²) in [7, 11) is 0. The van der Waals surface area contributed by atoms with Crippen LogP contribution in [0.3, 0.4) is 0 Å². The molecule has 0 spiro atoms. The summed E-state index contributed by atoms with van der Waals surface area (Å²) < 4.78 is 0. The second-order valence-electron chi connectivity index (χ2n) is 8.56. The van der Waals surface area contributed by atoms with Crippen molar-refractivity contribution in [2.75, 3.05) is 36.4 Å². The average Bonchev–Trinajstić information content (AvgIpc) is 3.27. The van der Waals surface area contributed by atoms with Crippen molar-refractivity contribution in [3.63, 3.8) is 0 Å². The maximum atomic E-state index is 13.5. The number of piperidine rings is 2. The van der Waals surface area contributed by atoms with Crippen LogP contribution in [0.4, 0.5) is 11.4 Å². The molecule has 1 N–H and O–H groups in total. The van der Waals surface area contributed by atoms with Gasteiger partial charge in [-0.25, -0.2) is 0 Å². The minimum absolute atomic E-state index is 0.0478. The number of likely N-dealkylation sites (tertiary alicyclic amines) is 1. The Balaban J connectivity index is 1.56. The molecule has 0 radical (unpaired) electrons. The highest BCUT2D eigenvalue weighted by atomic mass is 32.1. The van der Waals surface area contributed by atoms with E-state index in [9.17, 15) is 9.59 Å². The van der Waals surface area contributed by atoms with Crippen LogP contribution in [0.1, 0.15) is 54.3 Å². The Bertz CT molecular complexity index is 867. The van der Waals surface area contributed by atoms with Gasteiger partial charge in [0, 0.05) is 42.4 Å². The third-order valence-electron chi connectivity index (χ3n) is 6.19. The van der Waals surface area contributed by atoms with Crippen LogP contribution in [0.25, 0.3) is 0 Å². The standard InChI is InChI=1S/C24H31N3O2S/c1-18-9-13-27(14-10-18)24(29)21-16-19(25-23(28)17-20-6-5-15-30-20)7-8-22(21)26-11-3-2-4-12-26/h5-8,15-16,18H,2-4,9-14,17H2,1H3,(H,25,28). The molecule has 2 saturated heterocycles. The van der Waals surface area contributed by atoms with E-state index in [4.69, 9.17) is 0 Å². The molecule has 30 heavy (non-hydrogen) atoms. The van der Waals surface area contributed by atoms with Gasteiger partial charge in [-0.1, -0.05) is 13.0 Å². The van der Waals surface area contributed by atoms with E-state index in [0.29, 0.717) is 18.0 Å². The molecule has 2 aliphatic heterocycles.